The summed E-state index contributed by atoms with van der Waals surface area (Å²) in [6.07, 6.45) is 0. The van der Waals surface area contributed by atoms with Gasteiger partial charge in [-0.15, -0.1) is 0 Å². The SMILES string of the molecule is Cc1ccc(C)c(OCC(=O)Oc2ccc3oc4ccccc4c3c2)c1. The van der Waals surface area contributed by atoms with Crippen molar-refractivity contribution in [2.24, 2.45) is 0 Å². The third-order valence-corrected chi connectivity index (χ3v) is 4.27. The average Bonchev–Trinajstić information content (AvgIpc) is 3.00. The fourth-order valence-electron chi connectivity index (χ4n) is 2.93. The molecule has 3 aromatic carbocycles. The summed E-state index contributed by atoms with van der Waals surface area (Å²) in [4.78, 5) is 12.1. The van der Waals surface area contributed by atoms with Crippen molar-refractivity contribution >= 4 is 27.9 Å². The summed E-state index contributed by atoms with van der Waals surface area (Å²) in [5, 5.41) is 1.91. The van der Waals surface area contributed by atoms with Crippen LogP contribution in [0.4, 0.5) is 0 Å². The minimum absolute atomic E-state index is 0.144. The van der Waals surface area contributed by atoms with Crippen LogP contribution in [0.5, 0.6) is 11.5 Å². The number of esters is 1. The van der Waals surface area contributed by atoms with Crippen LogP contribution in [0.15, 0.2) is 65.1 Å². The highest BCUT2D eigenvalue weighted by molar-refractivity contribution is 6.05. The molecular formula is C22H18O4. The van der Waals surface area contributed by atoms with Gasteiger partial charge in [-0.25, -0.2) is 4.79 Å². The number of para-hydroxylation sites is 1. The summed E-state index contributed by atoms with van der Waals surface area (Å²) in [6, 6.07) is 19.0. The second-order valence-electron chi connectivity index (χ2n) is 6.29. The number of aryl methyl sites for hydroxylation is 2. The van der Waals surface area contributed by atoms with Crippen molar-refractivity contribution in [2.45, 2.75) is 13.8 Å². The van der Waals surface area contributed by atoms with Gasteiger partial charge in [0, 0.05) is 10.8 Å². The Morgan fingerprint density at radius 2 is 1.73 bits per heavy atom. The largest absolute Gasteiger partial charge is 0.482 e. The van der Waals surface area contributed by atoms with Crippen LogP contribution in [-0.4, -0.2) is 12.6 Å². The van der Waals surface area contributed by atoms with Crippen molar-refractivity contribution in [1.82, 2.24) is 0 Å². The predicted molar refractivity (Wildman–Crippen MR) is 101 cm³/mol. The van der Waals surface area contributed by atoms with Crippen molar-refractivity contribution < 1.29 is 18.7 Å². The van der Waals surface area contributed by atoms with Gasteiger partial charge >= 0.3 is 5.97 Å². The van der Waals surface area contributed by atoms with Crippen LogP contribution in [0.3, 0.4) is 0 Å². The molecule has 0 fully saturated rings. The molecule has 0 unspecified atom stereocenters. The van der Waals surface area contributed by atoms with E-state index in [1.165, 1.54) is 0 Å². The Hall–Kier alpha value is -3.27. The summed E-state index contributed by atoms with van der Waals surface area (Å²) in [7, 11) is 0. The molecule has 130 valence electrons. The lowest BCUT2D eigenvalue weighted by molar-refractivity contribution is -0.136. The van der Waals surface area contributed by atoms with Gasteiger partial charge in [-0.2, -0.15) is 0 Å². The quantitative estimate of drug-likeness (QED) is 0.377. The Labute approximate surface area is 150 Å². The number of fused-ring (bicyclic) bond motifs is 3. The first kappa shape index (κ1) is 16.2. The van der Waals surface area contributed by atoms with E-state index in [2.05, 4.69) is 0 Å². The first-order chi connectivity index (χ1) is 12.6. The van der Waals surface area contributed by atoms with Gasteiger partial charge in [0.15, 0.2) is 6.61 Å². The maximum absolute atomic E-state index is 12.1. The zero-order chi connectivity index (χ0) is 18.1. The lowest BCUT2D eigenvalue weighted by Gasteiger charge is -2.09. The Bertz CT molecular complexity index is 1110. The number of hydrogen-bond donors (Lipinski definition) is 0. The van der Waals surface area contributed by atoms with E-state index in [1.54, 1.807) is 6.07 Å². The van der Waals surface area contributed by atoms with Crippen molar-refractivity contribution in [2.75, 3.05) is 6.61 Å². The van der Waals surface area contributed by atoms with Crippen LogP contribution in [0.1, 0.15) is 11.1 Å². The first-order valence-electron chi connectivity index (χ1n) is 8.42. The van der Waals surface area contributed by atoms with E-state index >= 15 is 0 Å². The highest BCUT2D eigenvalue weighted by atomic mass is 16.6. The molecule has 4 aromatic rings. The van der Waals surface area contributed by atoms with E-state index in [4.69, 9.17) is 13.9 Å². The lowest BCUT2D eigenvalue weighted by Crippen LogP contribution is -2.18. The average molecular weight is 346 g/mol. The number of benzene rings is 3. The summed E-state index contributed by atoms with van der Waals surface area (Å²) >= 11 is 0. The van der Waals surface area contributed by atoms with Gasteiger partial charge in [0.05, 0.1) is 0 Å². The molecule has 0 N–H and O–H groups in total. The molecule has 0 radical (unpaired) electrons. The monoisotopic (exact) mass is 346 g/mol. The van der Waals surface area contributed by atoms with E-state index in [-0.39, 0.29) is 6.61 Å². The summed E-state index contributed by atoms with van der Waals surface area (Å²) in [5.41, 5.74) is 3.63. The molecule has 0 aliphatic heterocycles. The Kier molecular flexibility index (Phi) is 4.09. The van der Waals surface area contributed by atoms with Gasteiger partial charge in [0.2, 0.25) is 0 Å². The van der Waals surface area contributed by atoms with Gasteiger partial charge in [-0.1, -0.05) is 30.3 Å². The van der Waals surface area contributed by atoms with Crippen LogP contribution in [0.2, 0.25) is 0 Å². The van der Waals surface area contributed by atoms with Crippen molar-refractivity contribution in [3.05, 3.63) is 71.8 Å². The Balaban J connectivity index is 1.50. The standard InChI is InChI=1S/C22H18O4/c1-14-7-8-15(2)21(11-14)24-13-22(23)25-16-9-10-20-18(12-16)17-5-3-4-6-19(17)26-20/h3-12H,13H2,1-2H3. The van der Waals surface area contributed by atoms with Crippen molar-refractivity contribution in [1.29, 1.82) is 0 Å². The normalized spacial score (nSPS) is 11.0. The molecule has 0 aliphatic rings. The lowest BCUT2D eigenvalue weighted by atomic mass is 10.1. The zero-order valence-electron chi connectivity index (χ0n) is 14.6. The first-order valence-corrected chi connectivity index (χ1v) is 8.42. The van der Waals surface area contributed by atoms with E-state index in [9.17, 15) is 4.79 Å². The second-order valence-corrected chi connectivity index (χ2v) is 6.29. The minimum atomic E-state index is -0.446. The Morgan fingerprint density at radius 3 is 2.62 bits per heavy atom. The predicted octanol–water partition coefficient (Wildman–Crippen LogP) is 5.19. The van der Waals surface area contributed by atoms with Crippen LogP contribution in [0, 0.1) is 13.8 Å². The van der Waals surface area contributed by atoms with E-state index in [0.717, 1.165) is 33.1 Å². The fourth-order valence-corrected chi connectivity index (χ4v) is 2.93. The maximum atomic E-state index is 12.1. The van der Waals surface area contributed by atoms with Crippen LogP contribution < -0.4 is 9.47 Å². The zero-order valence-corrected chi connectivity index (χ0v) is 14.6. The molecule has 0 saturated heterocycles. The van der Waals surface area contributed by atoms with Crippen molar-refractivity contribution in [3.63, 3.8) is 0 Å². The summed E-state index contributed by atoms with van der Waals surface area (Å²) < 4.78 is 16.8. The van der Waals surface area contributed by atoms with E-state index < -0.39 is 5.97 Å². The van der Waals surface area contributed by atoms with Crippen molar-refractivity contribution in [3.8, 4) is 11.5 Å². The van der Waals surface area contributed by atoms with Gasteiger partial charge in [0.1, 0.15) is 22.7 Å². The molecule has 0 aliphatic carbocycles. The van der Waals surface area contributed by atoms with Gasteiger partial charge < -0.3 is 13.9 Å². The number of carbonyl (C=O) groups is 1. The highest BCUT2D eigenvalue weighted by Gasteiger charge is 2.11. The molecule has 0 saturated carbocycles. The summed E-state index contributed by atoms with van der Waals surface area (Å²) in [6.45, 7) is 3.78. The third-order valence-electron chi connectivity index (χ3n) is 4.27. The molecule has 0 spiro atoms. The maximum Gasteiger partial charge on any atom is 0.349 e. The Morgan fingerprint density at radius 1 is 0.923 bits per heavy atom. The molecule has 4 nitrogen and oxygen atoms in total. The van der Waals surface area contributed by atoms with Gasteiger partial charge in [0.25, 0.3) is 0 Å². The molecule has 26 heavy (non-hydrogen) atoms. The highest BCUT2D eigenvalue weighted by Crippen LogP contribution is 2.31. The molecule has 0 atom stereocenters. The van der Waals surface area contributed by atoms with E-state index in [1.807, 2.05) is 68.4 Å². The molecule has 1 aromatic heterocycles. The number of furan rings is 1. The molecule has 1 heterocycles. The molecule has 0 amide bonds. The number of hydrogen-bond acceptors (Lipinski definition) is 4. The third kappa shape index (κ3) is 3.14. The smallest absolute Gasteiger partial charge is 0.349 e. The van der Waals surface area contributed by atoms with Crippen LogP contribution in [-0.2, 0) is 4.79 Å². The van der Waals surface area contributed by atoms with Crippen LogP contribution in [0.25, 0.3) is 21.9 Å². The summed E-state index contributed by atoms with van der Waals surface area (Å²) in [5.74, 6) is 0.718. The van der Waals surface area contributed by atoms with Crippen LogP contribution >= 0.6 is 0 Å². The second kappa shape index (κ2) is 6.56. The fraction of sp³-hybridized carbons (Fsp3) is 0.136. The molecule has 4 heteroatoms. The van der Waals surface area contributed by atoms with E-state index in [0.29, 0.717) is 11.5 Å². The molecule has 0 bridgehead atoms. The minimum Gasteiger partial charge on any atom is -0.482 e. The molecule has 4 rings (SSSR count). The number of carbonyl (C=O) groups excluding carboxylic acids is 1. The van der Waals surface area contributed by atoms with Gasteiger partial charge in [-0.3, -0.25) is 0 Å². The number of rotatable bonds is 4. The number of ether oxygens (including phenoxy) is 2. The topological polar surface area (TPSA) is 48.7 Å². The molecular weight excluding hydrogens is 328 g/mol. The van der Waals surface area contributed by atoms with Gasteiger partial charge in [-0.05, 0) is 55.3 Å².